The summed E-state index contributed by atoms with van der Waals surface area (Å²) in [6, 6.07) is 5.80. The minimum absolute atomic E-state index is 0.100. The van der Waals surface area contributed by atoms with E-state index in [1.54, 1.807) is 0 Å². The van der Waals surface area contributed by atoms with Crippen LogP contribution in [-0.2, 0) is 9.59 Å². The van der Waals surface area contributed by atoms with Gasteiger partial charge in [0, 0.05) is 30.4 Å². The summed E-state index contributed by atoms with van der Waals surface area (Å²) in [6.07, 6.45) is 4.28. The lowest BCUT2D eigenvalue weighted by atomic mass is 10.0. The van der Waals surface area contributed by atoms with Crippen LogP contribution >= 0.6 is 0 Å². The van der Waals surface area contributed by atoms with Crippen LogP contribution in [0, 0.1) is 18.8 Å². The van der Waals surface area contributed by atoms with Crippen molar-refractivity contribution in [2.45, 2.75) is 39.5 Å². The molecule has 0 aromatic heterocycles. The number of carbonyl (C=O) groups is 2. The maximum atomic E-state index is 12.4. The van der Waals surface area contributed by atoms with E-state index in [2.05, 4.69) is 17.6 Å². The molecule has 3 rings (SSSR count). The van der Waals surface area contributed by atoms with Gasteiger partial charge in [-0.05, 0) is 56.2 Å². The standard InChI is InChI=1S/C19H27N3O2/c1-13-4-3-9-22(12-13)18(23)11-20-17-10-16(8-5-14(17)2)21-19(24)15-6-7-15/h5,8,10,13,15,20H,3-4,6-7,9,11-12H2,1-2H3,(H,21,24)/t13-/m1/s1. The van der Waals surface area contributed by atoms with Gasteiger partial charge >= 0.3 is 0 Å². The lowest BCUT2D eigenvalue weighted by Crippen LogP contribution is -2.42. The van der Waals surface area contributed by atoms with Gasteiger partial charge in [0.1, 0.15) is 0 Å². The molecule has 1 heterocycles. The second kappa shape index (κ2) is 7.24. The lowest BCUT2D eigenvalue weighted by molar-refractivity contribution is -0.131. The van der Waals surface area contributed by atoms with Gasteiger partial charge in [-0.3, -0.25) is 9.59 Å². The van der Waals surface area contributed by atoms with Crippen molar-refractivity contribution in [3.8, 4) is 0 Å². The van der Waals surface area contributed by atoms with Gasteiger partial charge in [-0.15, -0.1) is 0 Å². The Morgan fingerprint density at radius 3 is 2.75 bits per heavy atom. The summed E-state index contributed by atoms with van der Waals surface area (Å²) in [5, 5.41) is 6.19. The number of rotatable bonds is 5. The molecular formula is C19H27N3O2. The Morgan fingerprint density at radius 2 is 2.04 bits per heavy atom. The van der Waals surface area contributed by atoms with Gasteiger partial charge in [-0.2, -0.15) is 0 Å². The Bertz CT molecular complexity index is 625. The van der Waals surface area contributed by atoms with Gasteiger partial charge in [0.2, 0.25) is 11.8 Å². The Kier molecular flexibility index (Phi) is 5.07. The largest absolute Gasteiger partial charge is 0.376 e. The van der Waals surface area contributed by atoms with Crippen LogP contribution in [0.15, 0.2) is 18.2 Å². The summed E-state index contributed by atoms with van der Waals surface area (Å²) < 4.78 is 0. The van der Waals surface area contributed by atoms with E-state index in [0.29, 0.717) is 12.5 Å². The molecule has 2 fully saturated rings. The fraction of sp³-hybridized carbons (Fsp3) is 0.579. The van der Waals surface area contributed by atoms with E-state index in [0.717, 1.165) is 49.3 Å². The number of hydrogen-bond donors (Lipinski definition) is 2. The molecule has 1 aromatic carbocycles. The average Bonchev–Trinajstić information content (AvgIpc) is 3.40. The zero-order chi connectivity index (χ0) is 17.1. The van der Waals surface area contributed by atoms with Gasteiger partial charge < -0.3 is 15.5 Å². The van der Waals surface area contributed by atoms with E-state index in [9.17, 15) is 9.59 Å². The molecule has 2 N–H and O–H groups in total. The molecule has 1 saturated heterocycles. The van der Waals surface area contributed by atoms with Crippen LogP contribution < -0.4 is 10.6 Å². The molecule has 0 radical (unpaired) electrons. The first-order valence-corrected chi connectivity index (χ1v) is 8.96. The molecule has 2 aliphatic rings. The number of hydrogen-bond acceptors (Lipinski definition) is 3. The molecule has 0 spiro atoms. The number of amides is 2. The first-order chi connectivity index (χ1) is 11.5. The number of nitrogens with one attached hydrogen (secondary N) is 2. The highest BCUT2D eigenvalue weighted by Crippen LogP contribution is 2.30. The molecule has 1 atom stereocenters. The number of piperidine rings is 1. The van der Waals surface area contributed by atoms with Crippen LogP contribution in [0.5, 0.6) is 0 Å². The number of aryl methyl sites for hydroxylation is 1. The van der Waals surface area contributed by atoms with Crippen molar-refractivity contribution in [3.05, 3.63) is 23.8 Å². The highest BCUT2D eigenvalue weighted by atomic mass is 16.2. The predicted molar refractivity (Wildman–Crippen MR) is 96.0 cm³/mol. The zero-order valence-corrected chi connectivity index (χ0v) is 14.6. The van der Waals surface area contributed by atoms with E-state index in [4.69, 9.17) is 0 Å². The maximum Gasteiger partial charge on any atom is 0.241 e. The van der Waals surface area contributed by atoms with Crippen LogP contribution in [0.25, 0.3) is 0 Å². The van der Waals surface area contributed by atoms with Crippen molar-refractivity contribution >= 4 is 23.2 Å². The average molecular weight is 329 g/mol. The van der Waals surface area contributed by atoms with E-state index in [-0.39, 0.29) is 17.7 Å². The molecule has 5 heteroatoms. The number of carbonyl (C=O) groups excluding carboxylic acids is 2. The Morgan fingerprint density at radius 1 is 1.25 bits per heavy atom. The molecule has 2 amide bonds. The normalized spacial score (nSPS) is 20.6. The summed E-state index contributed by atoms with van der Waals surface area (Å²) in [4.78, 5) is 26.2. The molecule has 1 aromatic rings. The van der Waals surface area contributed by atoms with Crippen LogP contribution in [-0.4, -0.2) is 36.3 Å². The minimum atomic E-state index is 0.100. The molecular weight excluding hydrogens is 302 g/mol. The van der Waals surface area contributed by atoms with Crippen molar-refractivity contribution in [1.29, 1.82) is 0 Å². The Labute approximate surface area is 143 Å². The van der Waals surface area contributed by atoms with Crippen molar-refractivity contribution < 1.29 is 9.59 Å². The molecule has 130 valence electrons. The number of benzene rings is 1. The topological polar surface area (TPSA) is 61.4 Å². The third-order valence-corrected chi connectivity index (χ3v) is 4.89. The van der Waals surface area contributed by atoms with E-state index >= 15 is 0 Å². The van der Waals surface area contributed by atoms with Gasteiger partial charge in [0.15, 0.2) is 0 Å². The smallest absolute Gasteiger partial charge is 0.241 e. The van der Waals surface area contributed by atoms with Crippen LogP contribution in [0.3, 0.4) is 0 Å². The van der Waals surface area contributed by atoms with Gasteiger partial charge in [0.25, 0.3) is 0 Å². The summed E-state index contributed by atoms with van der Waals surface area (Å²) in [5.74, 6) is 1.02. The fourth-order valence-corrected chi connectivity index (χ4v) is 3.18. The van der Waals surface area contributed by atoms with Gasteiger partial charge in [0.05, 0.1) is 6.54 Å². The molecule has 0 bridgehead atoms. The second-order valence-electron chi connectivity index (χ2n) is 7.23. The summed E-state index contributed by atoms with van der Waals surface area (Å²) in [5.41, 5.74) is 2.76. The third-order valence-electron chi connectivity index (χ3n) is 4.89. The summed E-state index contributed by atoms with van der Waals surface area (Å²) >= 11 is 0. The molecule has 1 saturated carbocycles. The maximum absolute atomic E-state index is 12.4. The molecule has 1 aliphatic carbocycles. The zero-order valence-electron chi connectivity index (χ0n) is 14.6. The highest BCUT2D eigenvalue weighted by molar-refractivity contribution is 5.94. The molecule has 0 unspecified atom stereocenters. The Balaban J connectivity index is 1.57. The summed E-state index contributed by atoms with van der Waals surface area (Å²) in [7, 11) is 0. The third kappa shape index (κ3) is 4.28. The van der Waals surface area contributed by atoms with E-state index < -0.39 is 0 Å². The van der Waals surface area contributed by atoms with Crippen molar-refractivity contribution in [2.24, 2.45) is 11.8 Å². The van der Waals surface area contributed by atoms with Crippen molar-refractivity contribution in [2.75, 3.05) is 30.3 Å². The molecule has 5 nitrogen and oxygen atoms in total. The van der Waals surface area contributed by atoms with E-state index in [1.165, 1.54) is 6.42 Å². The predicted octanol–water partition coefficient (Wildman–Crippen LogP) is 3.01. The van der Waals surface area contributed by atoms with Crippen molar-refractivity contribution in [1.82, 2.24) is 4.90 Å². The Hall–Kier alpha value is -2.04. The van der Waals surface area contributed by atoms with Crippen molar-refractivity contribution in [3.63, 3.8) is 0 Å². The fourth-order valence-electron chi connectivity index (χ4n) is 3.18. The SMILES string of the molecule is Cc1ccc(NC(=O)C2CC2)cc1NCC(=O)N1CCC[C@@H](C)C1. The lowest BCUT2D eigenvalue weighted by Gasteiger charge is -2.31. The minimum Gasteiger partial charge on any atom is -0.376 e. The van der Waals surface area contributed by atoms with E-state index in [1.807, 2.05) is 30.0 Å². The molecule has 1 aliphatic heterocycles. The highest BCUT2D eigenvalue weighted by Gasteiger charge is 2.29. The van der Waals surface area contributed by atoms with Crippen LogP contribution in [0.4, 0.5) is 11.4 Å². The first-order valence-electron chi connectivity index (χ1n) is 8.96. The first kappa shape index (κ1) is 16.8. The number of anilines is 2. The van der Waals surface area contributed by atoms with Crippen LogP contribution in [0.1, 0.15) is 38.2 Å². The molecule has 24 heavy (non-hydrogen) atoms. The number of likely N-dealkylation sites (tertiary alicyclic amines) is 1. The quantitative estimate of drug-likeness (QED) is 0.873. The second-order valence-corrected chi connectivity index (χ2v) is 7.23. The monoisotopic (exact) mass is 329 g/mol. The van der Waals surface area contributed by atoms with Crippen LogP contribution in [0.2, 0.25) is 0 Å². The number of nitrogens with zero attached hydrogens (tertiary/aromatic N) is 1. The van der Waals surface area contributed by atoms with Gasteiger partial charge in [-0.25, -0.2) is 0 Å². The van der Waals surface area contributed by atoms with Gasteiger partial charge in [-0.1, -0.05) is 13.0 Å². The summed E-state index contributed by atoms with van der Waals surface area (Å²) in [6.45, 7) is 6.22.